The normalized spacial score (nSPS) is 10.4. The zero-order valence-electron chi connectivity index (χ0n) is 14.6. The fraction of sp³-hybridized carbons (Fsp3) is 0.158. The van der Waals surface area contributed by atoms with Gasteiger partial charge < -0.3 is 10.6 Å². The molecular weight excluding hydrogens is 330 g/mol. The zero-order chi connectivity index (χ0) is 18.5. The monoisotopic (exact) mass is 349 g/mol. The van der Waals surface area contributed by atoms with Crippen LogP contribution in [0, 0.1) is 6.92 Å². The standard InChI is InChI=1S/C19H19N5O2/c1-13-11-17(24(2)23-13)22-19(26)18(25)21-16-5-3-14(4-6-16)12-15-7-9-20-10-8-15/h3-11H,12H2,1-2H3,(H,21,25)(H,22,26). The summed E-state index contributed by atoms with van der Waals surface area (Å²) < 4.78 is 1.51. The van der Waals surface area contributed by atoms with Crippen LogP contribution in [0.25, 0.3) is 0 Å². The minimum atomic E-state index is -0.742. The van der Waals surface area contributed by atoms with E-state index in [1.807, 2.05) is 31.2 Å². The Balaban J connectivity index is 1.58. The molecule has 0 unspecified atom stereocenters. The van der Waals surface area contributed by atoms with Crippen molar-refractivity contribution in [2.24, 2.45) is 7.05 Å². The molecule has 0 fully saturated rings. The number of carbonyl (C=O) groups excluding carboxylic acids is 2. The second-order valence-corrected chi connectivity index (χ2v) is 5.93. The van der Waals surface area contributed by atoms with Crippen molar-refractivity contribution in [2.45, 2.75) is 13.3 Å². The van der Waals surface area contributed by atoms with Crippen LogP contribution < -0.4 is 10.6 Å². The van der Waals surface area contributed by atoms with E-state index in [4.69, 9.17) is 0 Å². The van der Waals surface area contributed by atoms with Gasteiger partial charge in [-0.2, -0.15) is 5.10 Å². The highest BCUT2D eigenvalue weighted by atomic mass is 16.2. The first-order chi connectivity index (χ1) is 12.5. The van der Waals surface area contributed by atoms with Gasteiger partial charge in [-0.05, 0) is 48.7 Å². The number of pyridine rings is 1. The third-order valence-corrected chi connectivity index (χ3v) is 3.82. The number of rotatable bonds is 4. The van der Waals surface area contributed by atoms with Gasteiger partial charge in [0.15, 0.2) is 0 Å². The van der Waals surface area contributed by atoms with E-state index < -0.39 is 11.8 Å². The van der Waals surface area contributed by atoms with Gasteiger partial charge in [0.2, 0.25) is 0 Å². The van der Waals surface area contributed by atoms with E-state index in [1.54, 1.807) is 37.6 Å². The number of aromatic nitrogens is 3. The summed E-state index contributed by atoms with van der Waals surface area (Å²) in [5.74, 6) is -1.00. The van der Waals surface area contributed by atoms with Gasteiger partial charge in [0.05, 0.1) is 5.69 Å². The van der Waals surface area contributed by atoms with Crippen molar-refractivity contribution < 1.29 is 9.59 Å². The average molecular weight is 349 g/mol. The number of anilines is 2. The van der Waals surface area contributed by atoms with E-state index in [0.717, 1.165) is 23.2 Å². The van der Waals surface area contributed by atoms with Gasteiger partial charge in [-0.15, -0.1) is 0 Å². The molecule has 26 heavy (non-hydrogen) atoms. The summed E-state index contributed by atoms with van der Waals surface area (Å²) in [6.45, 7) is 1.81. The summed E-state index contributed by atoms with van der Waals surface area (Å²) in [6.07, 6.45) is 4.29. The van der Waals surface area contributed by atoms with Crippen LogP contribution in [0.1, 0.15) is 16.8 Å². The number of amides is 2. The topological polar surface area (TPSA) is 88.9 Å². The van der Waals surface area contributed by atoms with Crippen LogP contribution in [0.5, 0.6) is 0 Å². The van der Waals surface area contributed by atoms with Gasteiger partial charge in [-0.3, -0.25) is 19.3 Å². The molecule has 2 aromatic heterocycles. The Morgan fingerprint density at radius 2 is 1.58 bits per heavy atom. The van der Waals surface area contributed by atoms with Crippen LogP contribution in [-0.4, -0.2) is 26.6 Å². The quantitative estimate of drug-likeness (QED) is 0.707. The Labute approximate surface area is 151 Å². The van der Waals surface area contributed by atoms with Crippen LogP contribution in [0.15, 0.2) is 54.9 Å². The second-order valence-electron chi connectivity index (χ2n) is 5.93. The molecule has 0 bridgehead atoms. The SMILES string of the molecule is Cc1cc(NC(=O)C(=O)Nc2ccc(Cc3ccncc3)cc2)n(C)n1. The first-order valence-corrected chi connectivity index (χ1v) is 8.12. The highest BCUT2D eigenvalue weighted by molar-refractivity contribution is 6.43. The third-order valence-electron chi connectivity index (χ3n) is 3.82. The maximum atomic E-state index is 12.1. The second kappa shape index (κ2) is 7.60. The van der Waals surface area contributed by atoms with Gasteiger partial charge in [0.1, 0.15) is 5.82 Å². The number of carbonyl (C=O) groups is 2. The van der Waals surface area contributed by atoms with Gasteiger partial charge in [0, 0.05) is 31.2 Å². The predicted molar refractivity (Wildman–Crippen MR) is 98.7 cm³/mol. The first kappa shape index (κ1) is 17.3. The number of nitrogens with one attached hydrogen (secondary N) is 2. The number of aryl methyl sites for hydroxylation is 2. The maximum absolute atomic E-state index is 12.1. The molecule has 132 valence electrons. The van der Waals surface area contributed by atoms with Crippen LogP contribution in [0.3, 0.4) is 0 Å². The number of hydrogen-bond donors (Lipinski definition) is 2. The van der Waals surface area contributed by atoms with Crippen molar-refractivity contribution in [3.8, 4) is 0 Å². The molecule has 2 N–H and O–H groups in total. The lowest BCUT2D eigenvalue weighted by molar-refractivity contribution is -0.133. The Morgan fingerprint density at radius 3 is 2.19 bits per heavy atom. The molecule has 0 saturated heterocycles. The van der Waals surface area contributed by atoms with Crippen molar-refractivity contribution in [3.05, 3.63) is 71.7 Å². The van der Waals surface area contributed by atoms with Gasteiger partial charge in [-0.25, -0.2) is 0 Å². The molecule has 1 aromatic carbocycles. The van der Waals surface area contributed by atoms with Crippen molar-refractivity contribution in [1.29, 1.82) is 0 Å². The number of nitrogens with zero attached hydrogens (tertiary/aromatic N) is 3. The molecule has 3 rings (SSSR count). The molecule has 0 aliphatic heterocycles. The molecule has 3 aromatic rings. The van der Waals surface area contributed by atoms with Crippen molar-refractivity contribution in [3.63, 3.8) is 0 Å². The molecule has 2 amide bonds. The maximum Gasteiger partial charge on any atom is 0.315 e. The minimum Gasteiger partial charge on any atom is -0.318 e. The van der Waals surface area contributed by atoms with Gasteiger partial charge >= 0.3 is 11.8 Å². The smallest absolute Gasteiger partial charge is 0.315 e. The third kappa shape index (κ3) is 4.32. The van der Waals surface area contributed by atoms with E-state index in [2.05, 4.69) is 20.7 Å². The van der Waals surface area contributed by atoms with Crippen molar-refractivity contribution in [2.75, 3.05) is 10.6 Å². The van der Waals surface area contributed by atoms with E-state index >= 15 is 0 Å². The van der Waals surface area contributed by atoms with E-state index in [0.29, 0.717) is 11.5 Å². The average Bonchev–Trinajstić information content (AvgIpc) is 2.94. The van der Waals surface area contributed by atoms with E-state index in [9.17, 15) is 9.59 Å². The lowest BCUT2D eigenvalue weighted by atomic mass is 10.1. The summed E-state index contributed by atoms with van der Waals surface area (Å²) >= 11 is 0. The van der Waals surface area contributed by atoms with E-state index in [-0.39, 0.29) is 0 Å². The summed E-state index contributed by atoms with van der Waals surface area (Å²) in [7, 11) is 1.70. The molecule has 0 spiro atoms. The Morgan fingerprint density at radius 1 is 0.962 bits per heavy atom. The molecule has 0 aliphatic carbocycles. The fourth-order valence-electron chi connectivity index (χ4n) is 2.53. The summed E-state index contributed by atoms with van der Waals surface area (Å²) in [6, 6.07) is 13.0. The molecule has 0 radical (unpaired) electrons. The van der Waals surface area contributed by atoms with Crippen LogP contribution in [-0.2, 0) is 23.1 Å². The van der Waals surface area contributed by atoms with E-state index in [1.165, 1.54) is 4.68 Å². The zero-order valence-corrected chi connectivity index (χ0v) is 14.6. The highest BCUT2D eigenvalue weighted by Gasteiger charge is 2.16. The van der Waals surface area contributed by atoms with Crippen LogP contribution in [0.2, 0.25) is 0 Å². The lowest BCUT2D eigenvalue weighted by Gasteiger charge is -2.07. The Kier molecular flexibility index (Phi) is 5.07. The van der Waals surface area contributed by atoms with Gasteiger partial charge in [0.25, 0.3) is 0 Å². The van der Waals surface area contributed by atoms with Crippen LogP contribution in [0.4, 0.5) is 11.5 Å². The number of hydrogen-bond acceptors (Lipinski definition) is 4. The molecular formula is C19H19N5O2. The molecule has 7 nitrogen and oxygen atoms in total. The Bertz CT molecular complexity index is 917. The summed E-state index contributed by atoms with van der Waals surface area (Å²) in [5.41, 5.74) is 3.57. The molecule has 0 aliphatic rings. The predicted octanol–water partition coefficient (Wildman–Crippen LogP) is 2.29. The number of benzene rings is 1. The highest BCUT2D eigenvalue weighted by Crippen LogP contribution is 2.14. The molecule has 0 saturated carbocycles. The lowest BCUT2D eigenvalue weighted by Crippen LogP contribution is -2.29. The van der Waals surface area contributed by atoms with Crippen molar-refractivity contribution in [1.82, 2.24) is 14.8 Å². The molecule has 0 atom stereocenters. The Hall–Kier alpha value is -3.48. The summed E-state index contributed by atoms with van der Waals surface area (Å²) in [5, 5.41) is 9.25. The largest absolute Gasteiger partial charge is 0.318 e. The van der Waals surface area contributed by atoms with Crippen LogP contribution >= 0.6 is 0 Å². The molecule has 2 heterocycles. The molecule has 7 heteroatoms. The fourth-order valence-corrected chi connectivity index (χ4v) is 2.53. The van der Waals surface area contributed by atoms with Crippen molar-refractivity contribution >= 4 is 23.3 Å². The first-order valence-electron chi connectivity index (χ1n) is 8.12. The summed E-state index contributed by atoms with van der Waals surface area (Å²) in [4.78, 5) is 28.1. The van der Waals surface area contributed by atoms with Gasteiger partial charge in [-0.1, -0.05) is 12.1 Å². The minimum absolute atomic E-state index is 0.468.